The minimum absolute atomic E-state index is 0.00625. The van der Waals surface area contributed by atoms with E-state index in [0.29, 0.717) is 6.42 Å². The second-order valence-electron chi connectivity index (χ2n) is 4.24. The van der Waals surface area contributed by atoms with Gasteiger partial charge in [-0.05, 0) is 25.8 Å². The second-order valence-corrected chi connectivity index (χ2v) is 4.24. The first-order chi connectivity index (χ1) is 7.63. The molecule has 0 aromatic rings. The standard InChI is InChI=1S/C11H20N2O3/c1-2-4-8(7-10(14)15)13-11(16)9-5-3-6-12-9/h8-9,12H,2-7H2,1H3,(H,13,16)(H,14,15)/t8?,9-/m1/s1. The molecule has 0 aromatic carbocycles. The van der Waals surface area contributed by atoms with Crippen LogP contribution in [0.3, 0.4) is 0 Å². The van der Waals surface area contributed by atoms with Crippen LogP contribution in [-0.2, 0) is 9.59 Å². The monoisotopic (exact) mass is 228 g/mol. The maximum atomic E-state index is 11.7. The summed E-state index contributed by atoms with van der Waals surface area (Å²) in [6, 6.07) is -0.370. The molecule has 1 heterocycles. The van der Waals surface area contributed by atoms with Crippen LogP contribution in [0.2, 0.25) is 0 Å². The van der Waals surface area contributed by atoms with Gasteiger partial charge in [-0.15, -0.1) is 0 Å². The highest BCUT2D eigenvalue weighted by molar-refractivity contribution is 5.82. The molecular weight excluding hydrogens is 208 g/mol. The van der Waals surface area contributed by atoms with E-state index in [1.54, 1.807) is 0 Å². The van der Waals surface area contributed by atoms with Crippen LogP contribution in [0.4, 0.5) is 0 Å². The van der Waals surface area contributed by atoms with Gasteiger partial charge in [0.25, 0.3) is 0 Å². The summed E-state index contributed by atoms with van der Waals surface area (Å²) in [4.78, 5) is 22.4. The summed E-state index contributed by atoms with van der Waals surface area (Å²) < 4.78 is 0. The number of carboxylic acids is 1. The first-order valence-corrected chi connectivity index (χ1v) is 5.89. The largest absolute Gasteiger partial charge is 0.481 e. The highest BCUT2D eigenvalue weighted by atomic mass is 16.4. The van der Waals surface area contributed by atoms with Gasteiger partial charge >= 0.3 is 5.97 Å². The molecular formula is C11H20N2O3. The lowest BCUT2D eigenvalue weighted by atomic mass is 10.1. The van der Waals surface area contributed by atoms with Crippen LogP contribution in [0.25, 0.3) is 0 Å². The molecule has 0 bridgehead atoms. The summed E-state index contributed by atoms with van der Waals surface area (Å²) in [6.07, 6.45) is 3.45. The molecule has 0 aromatic heterocycles. The van der Waals surface area contributed by atoms with Crippen molar-refractivity contribution in [3.8, 4) is 0 Å². The lowest BCUT2D eigenvalue weighted by molar-refractivity contribution is -0.137. The van der Waals surface area contributed by atoms with Crippen molar-refractivity contribution in [1.29, 1.82) is 0 Å². The number of hydrogen-bond acceptors (Lipinski definition) is 3. The summed E-state index contributed by atoms with van der Waals surface area (Å²) in [5.41, 5.74) is 0. The van der Waals surface area contributed by atoms with Crippen LogP contribution in [0.15, 0.2) is 0 Å². The highest BCUT2D eigenvalue weighted by Crippen LogP contribution is 2.07. The van der Waals surface area contributed by atoms with E-state index in [9.17, 15) is 9.59 Å². The van der Waals surface area contributed by atoms with E-state index in [1.165, 1.54) is 0 Å². The molecule has 5 heteroatoms. The van der Waals surface area contributed by atoms with Crippen molar-refractivity contribution < 1.29 is 14.7 Å². The van der Waals surface area contributed by atoms with Crippen molar-refractivity contribution >= 4 is 11.9 Å². The van der Waals surface area contributed by atoms with Crippen LogP contribution in [0.1, 0.15) is 39.0 Å². The molecule has 16 heavy (non-hydrogen) atoms. The van der Waals surface area contributed by atoms with Gasteiger partial charge in [-0.1, -0.05) is 13.3 Å². The van der Waals surface area contributed by atoms with Gasteiger partial charge in [0, 0.05) is 6.04 Å². The summed E-state index contributed by atoms with van der Waals surface area (Å²) >= 11 is 0. The number of nitrogens with one attached hydrogen (secondary N) is 2. The third-order valence-electron chi connectivity index (χ3n) is 2.78. The second kappa shape index (κ2) is 6.48. The van der Waals surface area contributed by atoms with Crippen LogP contribution < -0.4 is 10.6 Å². The first-order valence-electron chi connectivity index (χ1n) is 5.89. The zero-order valence-corrected chi connectivity index (χ0v) is 9.66. The van der Waals surface area contributed by atoms with Crippen LogP contribution in [-0.4, -0.2) is 35.6 Å². The van der Waals surface area contributed by atoms with Crippen LogP contribution in [0, 0.1) is 0 Å². The predicted molar refractivity (Wildman–Crippen MR) is 60.1 cm³/mol. The molecule has 1 unspecified atom stereocenters. The maximum Gasteiger partial charge on any atom is 0.305 e. The Morgan fingerprint density at radius 2 is 2.31 bits per heavy atom. The van der Waals surface area contributed by atoms with Crippen LogP contribution >= 0.6 is 0 Å². The van der Waals surface area contributed by atoms with Crippen molar-refractivity contribution in [2.45, 2.75) is 51.1 Å². The SMILES string of the molecule is CCCC(CC(=O)O)NC(=O)[C@H]1CCCN1. The zero-order chi connectivity index (χ0) is 12.0. The smallest absolute Gasteiger partial charge is 0.305 e. The number of amides is 1. The van der Waals surface area contributed by atoms with Crippen molar-refractivity contribution in [1.82, 2.24) is 10.6 Å². The third-order valence-corrected chi connectivity index (χ3v) is 2.78. The summed E-state index contributed by atoms with van der Waals surface area (Å²) in [5.74, 6) is -0.921. The minimum atomic E-state index is -0.863. The lowest BCUT2D eigenvalue weighted by Gasteiger charge is -2.18. The Hall–Kier alpha value is -1.10. The Morgan fingerprint density at radius 1 is 1.56 bits per heavy atom. The fourth-order valence-electron chi connectivity index (χ4n) is 1.99. The van der Waals surface area contributed by atoms with Gasteiger partial charge in [-0.25, -0.2) is 0 Å². The number of carbonyl (C=O) groups excluding carboxylic acids is 1. The van der Waals surface area contributed by atoms with E-state index in [0.717, 1.165) is 25.8 Å². The Kier molecular flexibility index (Phi) is 5.25. The van der Waals surface area contributed by atoms with Crippen molar-refractivity contribution in [3.05, 3.63) is 0 Å². The Bertz CT molecular complexity index is 250. The molecule has 0 saturated carbocycles. The van der Waals surface area contributed by atoms with Crippen LogP contribution in [0.5, 0.6) is 0 Å². The topological polar surface area (TPSA) is 78.4 Å². The third kappa shape index (κ3) is 4.18. The molecule has 1 saturated heterocycles. The number of hydrogen-bond donors (Lipinski definition) is 3. The predicted octanol–water partition coefficient (Wildman–Crippen LogP) is 0.498. The van der Waals surface area contributed by atoms with Crippen molar-refractivity contribution in [2.75, 3.05) is 6.54 Å². The average molecular weight is 228 g/mol. The van der Waals surface area contributed by atoms with E-state index in [-0.39, 0.29) is 24.4 Å². The summed E-state index contributed by atoms with van der Waals surface area (Å²) in [6.45, 7) is 2.85. The van der Waals surface area contributed by atoms with Gasteiger partial charge in [0.15, 0.2) is 0 Å². The fraction of sp³-hybridized carbons (Fsp3) is 0.818. The number of carboxylic acid groups (broad SMARTS) is 1. The molecule has 1 rings (SSSR count). The van der Waals surface area contributed by atoms with E-state index in [2.05, 4.69) is 10.6 Å². The molecule has 5 nitrogen and oxygen atoms in total. The quantitative estimate of drug-likeness (QED) is 0.618. The van der Waals surface area contributed by atoms with E-state index < -0.39 is 5.97 Å². The van der Waals surface area contributed by atoms with Gasteiger partial charge in [-0.3, -0.25) is 9.59 Å². The Balaban J connectivity index is 2.39. The zero-order valence-electron chi connectivity index (χ0n) is 9.66. The van der Waals surface area contributed by atoms with Gasteiger partial charge in [-0.2, -0.15) is 0 Å². The van der Waals surface area contributed by atoms with Gasteiger partial charge in [0.05, 0.1) is 12.5 Å². The average Bonchev–Trinajstić information content (AvgIpc) is 2.69. The maximum absolute atomic E-state index is 11.7. The molecule has 0 spiro atoms. The van der Waals surface area contributed by atoms with Crippen molar-refractivity contribution in [2.24, 2.45) is 0 Å². The van der Waals surface area contributed by atoms with Gasteiger partial charge < -0.3 is 15.7 Å². The molecule has 1 amide bonds. The molecule has 1 aliphatic heterocycles. The molecule has 1 aliphatic rings. The molecule has 0 aliphatic carbocycles. The summed E-state index contributed by atoms with van der Waals surface area (Å²) in [5, 5.41) is 14.6. The van der Waals surface area contributed by atoms with Crippen molar-refractivity contribution in [3.63, 3.8) is 0 Å². The summed E-state index contributed by atoms with van der Waals surface area (Å²) in [7, 11) is 0. The van der Waals surface area contributed by atoms with E-state index >= 15 is 0 Å². The number of rotatable bonds is 6. The molecule has 92 valence electrons. The normalized spacial score (nSPS) is 21.7. The number of aliphatic carboxylic acids is 1. The van der Waals surface area contributed by atoms with Gasteiger partial charge in [0.1, 0.15) is 0 Å². The molecule has 3 N–H and O–H groups in total. The first kappa shape index (κ1) is 13.0. The fourth-order valence-corrected chi connectivity index (χ4v) is 1.99. The number of carbonyl (C=O) groups is 2. The Labute approximate surface area is 95.6 Å². The molecule has 1 fully saturated rings. The highest BCUT2D eigenvalue weighted by Gasteiger charge is 2.24. The molecule has 0 radical (unpaired) electrons. The minimum Gasteiger partial charge on any atom is -0.481 e. The van der Waals surface area contributed by atoms with Gasteiger partial charge in [0.2, 0.25) is 5.91 Å². The van der Waals surface area contributed by atoms with E-state index in [1.807, 2.05) is 6.92 Å². The Morgan fingerprint density at radius 3 is 2.81 bits per heavy atom. The lowest BCUT2D eigenvalue weighted by Crippen LogP contribution is -2.45. The van der Waals surface area contributed by atoms with E-state index in [4.69, 9.17) is 5.11 Å². The molecule has 2 atom stereocenters.